The Labute approximate surface area is 163 Å². The van der Waals surface area contributed by atoms with E-state index in [-0.39, 0.29) is 11.9 Å². The van der Waals surface area contributed by atoms with Gasteiger partial charge >= 0.3 is 0 Å². The van der Waals surface area contributed by atoms with Crippen LogP contribution in [0, 0.1) is 5.92 Å². The molecule has 150 valence electrons. The number of rotatable bonds is 7. The second kappa shape index (κ2) is 9.45. The van der Waals surface area contributed by atoms with E-state index in [1.54, 1.807) is 14.2 Å². The third-order valence-electron chi connectivity index (χ3n) is 6.24. The fraction of sp³-hybridized carbons (Fsp3) is 0.682. The van der Waals surface area contributed by atoms with Crippen molar-refractivity contribution in [2.75, 3.05) is 27.3 Å². The number of nitrogens with one attached hydrogen (secondary N) is 1. The zero-order chi connectivity index (χ0) is 19.2. The summed E-state index contributed by atoms with van der Waals surface area (Å²) in [6.45, 7) is 3.54. The van der Waals surface area contributed by atoms with Crippen molar-refractivity contribution in [3.8, 4) is 11.5 Å². The molecule has 1 aromatic carbocycles. The van der Waals surface area contributed by atoms with Crippen molar-refractivity contribution in [3.63, 3.8) is 0 Å². The lowest BCUT2D eigenvalue weighted by Gasteiger charge is -2.34. The molecule has 2 unspecified atom stereocenters. The minimum absolute atomic E-state index is 0.0927. The minimum Gasteiger partial charge on any atom is -0.497 e. The normalized spacial score (nSPS) is 22.4. The van der Waals surface area contributed by atoms with Crippen LogP contribution < -0.4 is 14.8 Å². The first-order chi connectivity index (χ1) is 13.1. The highest BCUT2D eigenvalue weighted by Gasteiger charge is 2.33. The van der Waals surface area contributed by atoms with Gasteiger partial charge in [0.15, 0.2) is 0 Å². The molecular formula is C22H34N2O3. The van der Waals surface area contributed by atoms with E-state index >= 15 is 0 Å². The van der Waals surface area contributed by atoms with Gasteiger partial charge in [0.1, 0.15) is 11.5 Å². The highest BCUT2D eigenvalue weighted by atomic mass is 16.5. The lowest BCUT2D eigenvalue weighted by Crippen LogP contribution is -2.43. The van der Waals surface area contributed by atoms with Crippen molar-refractivity contribution in [2.45, 2.75) is 64.0 Å². The molecule has 1 amide bonds. The van der Waals surface area contributed by atoms with E-state index in [2.05, 4.69) is 10.2 Å². The summed E-state index contributed by atoms with van der Waals surface area (Å²) in [6.07, 6.45) is 9.22. The summed E-state index contributed by atoms with van der Waals surface area (Å²) in [4.78, 5) is 15.2. The first kappa shape index (κ1) is 20.0. The molecule has 5 nitrogen and oxygen atoms in total. The van der Waals surface area contributed by atoms with Crippen LogP contribution in [0.1, 0.15) is 63.5 Å². The number of likely N-dealkylation sites (tertiary alicyclic amines) is 1. The standard InChI is InChI=1S/C22H34N2O3/c1-16(19-14-18(26-2)11-12-21(19)27-3)23-22(25)15-24-13-7-10-20(24)17-8-5-4-6-9-17/h11-12,14,16-17,20H,4-10,13,15H2,1-3H3,(H,23,25). The van der Waals surface area contributed by atoms with Crippen LogP contribution in [0.5, 0.6) is 11.5 Å². The van der Waals surface area contributed by atoms with Crippen LogP contribution >= 0.6 is 0 Å². The lowest BCUT2D eigenvalue weighted by molar-refractivity contribution is -0.123. The lowest BCUT2D eigenvalue weighted by atomic mass is 9.83. The highest BCUT2D eigenvalue weighted by molar-refractivity contribution is 5.78. The van der Waals surface area contributed by atoms with Gasteiger partial charge < -0.3 is 14.8 Å². The van der Waals surface area contributed by atoms with Crippen molar-refractivity contribution in [1.29, 1.82) is 0 Å². The number of hydrogen-bond donors (Lipinski definition) is 1. The number of ether oxygens (including phenoxy) is 2. The summed E-state index contributed by atoms with van der Waals surface area (Å²) in [7, 11) is 3.30. The van der Waals surface area contributed by atoms with E-state index in [1.807, 2.05) is 25.1 Å². The minimum atomic E-state index is -0.127. The Morgan fingerprint density at radius 3 is 2.63 bits per heavy atom. The van der Waals surface area contributed by atoms with Crippen LogP contribution in [0.2, 0.25) is 0 Å². The zero-order valence-corrected chi connectivity index (χ0v) is 17.0. The van der Waals surface area contributed by atoms with Gasteiger partial charge in [-0.05, 0) is 63.3 Å². The molecule has 1 aliphatic carbocycles. The number of carbonyl (C=O) groups is 1. The van der Waals surface area contributed by atoms with Gasteiger partial charge in [-0.15, -0.1) is 0 Å². The Hall–Kier alpha value is -1.75. The Balaban J connectivity index is 1.60. The quantitative estimate of drug-likeness (QED) is 0.786. The molecule has 1 aromatic rings. The largest absolute Gasteiger partial charge is 0.497 e. The monoisotopic (exact) mass is 374 g/mol. The topological polar surface area (TPSA) is 50.8 Å². The number of nitrogens with zero attached hydrogens (tertiary/aromatic N) is 1. The van der Waals surface area contributed by atoms with Gasteiger partial charge in [0, 0.05) is 11.6 Å². The molecule has 1 saturated heterocycles. The Morgan fingerprint density at radius 1 is 1.15 bits per heavy atom. The number of carbonyl (C=O) groups excluding carboxylic acids is 1. The van der Waals surface area contributed by atoms with Crippen LogP contribution in [0.25, 0.3) is 0 Å². The highest BCUT2D eigenvalue weighted by Crippen LogP contribution is 2.34. The first-order valence-corrected chi connectivity index (χ1v) is 10.4. The molecule has 0 spiro atoms. The molecule has 2 atom stereocenters. The van der Waals surface area contributed by atoms with Crippen molar-refractivity contribution < 1.29 is 14.3 Å². The van der Waals surface area contributed by atoms with Gasteiger partial charge in [-0.25, -0.2) is 0 Å². The van der Waals surface area contributed by atoms with Gasteiger partial charge in [0.05, 0.1) is 26.8 Å². The van der Waals surface area contributed by atoms with Crippen molar-refractivity contribution in [1.82, 2.24) is 10.2 Å². The molecule has 0 bridgehead atoms. The molecule has 1 heterocycles. The summed E-state index contributed by atoms with van der Waals surface area (Å²) in [6, 6.07) is 6.16. The third-order valence-corrected chi connectivity index (χ3v) is 6.24. The predicted octanol–water partition coefficient (Wildman–Crippen LogP) is 3.93. The molecule has 1 saturated carbocycles. The summed E-state index contributed by atoms with van der Waals surface area (Å²) in [5.41, 5.74) is 0.940. The van der Waals surface area contributed by atoms with Gasteiger partial charge in [0.25, 0.3) is 0 Å². The number of benzene rings is 1. The Morgan fingerprint density at radius 2 is 1.93 bits per heavy atom. The number of hydrogen-bond acceptors (Lipinski definition) is 4. The molecule has 5 heteroatoms. The van der Waals surface area contributed by atoms with Crippen molar-refractivity contribution in [3.05, 3.63) is 23.8 Å². The number of methoxy groups -OCH3 is 2. The van der Waals surface area contributed by atoms with Crippen molar-refractivity contribution >= 4 is 5.91 Å². The maximum absolute atomic E-state index is 12.7. The van der Waals surface area contributed by atoms with E-state index < -0.39 is 0 Å². The summed E-state index contributed by atoms with van der Waals surface area (Å²) in [5.74, 6) is 2.41. The fourth-order valence-electron chi connectivity index (χ4n) is 4.83. The van der Waals surface area contributed by atoms with Gasteiger partial charge in [-0.3, -0.25) is 9.69 Å². The Bertz CT molecular complexity index is 628. The summed E-state index contributed by atoms with van der Waals surface area (Å²) >= 11 is 0. The molecule has 2 aliphatic rings. The SMILES string of the molecule is COc1ccc(OC)c(C(C)NC(=O)CN2CCCC2C2CCCCC2)c1. The summed E-state index contributed by atoms with van der Waals surface area (Å²) in [5, 5.41) is 3.16. The molecule has 1 aliphatic heterocycles. The van der Waals surface area contributed by atoms with Crippen LogP contribution in [-0.4, -0.2) is 44.2 Å². The molecule has 3 rings (SSSR count). The average Bonchev–Trinajstić information content (AvgIpc) is 3.15. The Kier molecular flexibility index (Phi) is 7.00. The van der Waals surface area contributed by atoms with Gasteiger partial charge in [0.2, 0.25) is 5.91 Å². The predicted molar refractivity (Wildman–Crippen MR) is 107 cm³/mol. The molecule has 27 heavy (non-hydrogen) atoms. The van der Waals surface area contributed by atoms with Crippen LogP contribution in [0.4, 0.5) is 0 Å². The summed E-state index contributed by atoms with van der Waals surface area (Å²) < 4.78 is 10.8. The third kappa shape index (κ3) is 4.95. The van der Waals surface area contributed by atoms with Crippen LogP contribution in [0.15, 0.2) is 18.2 Å². The second-order valence-corrected chi connectivity index (χ2v) is 7.98. The van der Waals surface area contributed by atoms with Gasteiger partial charge in [-0.1, -0.05) is 19.3 Å². The molecule has 0 aromatic heterocycles. The fourth-order valence-corrected chi connectivity index (χ4v) is 4.83. The van der Waals surface area contributed by atoms with E-state index in [4.69, 9.17) is 9.47 Å². The van der Waals surface area contributed by atoms with Crippen LogP contribution in [-0.2, 0) is 4.79 Å². The zero-order valence-electron chi connectivity index (χ0n) is 17.0. The van der Waals surface area contributed by atoms with Crippen molar-refractivity contribution in [2.24, 2.45) is 5.92 Å². The average molecular weight is 375 g/mol. The van der Waals surface area contributed by atoms with Gasteiger partial charge in [-0.2, -0.15) is 0 Å². The maximum Gasteiger partial charge on any atom is 0.234 e. The molecule has 2 fully saturated rings. The van der Waals surface area contributed by atoms with E-state index in [0.29, 0.717) is 12.6 Å². The smallest absolute Gasteiger partial charge is 0.234 e. The first-order valence-electron chi connectivity index (χ1n) is 10.4. The van der Waals surface area contributed by atoms with E-state index in [1.165, 1.54) is 44.9 Å². The van der Waals surface area contributed by atoms with Crippen LogP contribution in [0.3, 0.4) is 0 Å². The number of amides is 1. The second-order valence-electron chi connectivity index (χ2n) is 7.98. The van der Waals surface area contributed by atoms with E-state index in [0.717, 1.165) is 29.5 Å². The maximum atomic E-state index is 12.7. The molecular weight excluding hydrogens is 340 g/mol. The van der Waals surface area contributed by atoms with E-state index in [9.17, 15) is 4.79 Å². The molecule has 0 radical (unpaired) electrons. The molecule has 1 N–H and O–H groups in total.